The van der Waals surface area contributed by atoms with Crippen LogP contribution in [0, 0.1) is 13.8 Å². The molecule has 144 valence electrons. The zero-order valence-corrected chi connectivity index (χ0v) is 16.1. The molecule has 0 aromatic heterocycles. The van der Waals surface area contributed by atoms with Gasteiger partial charge >= 0.3 is 6.03 Å². The molecule has 2 aromatic rings. The van der Waals surface area contributed by atoms with Crippen LogP contribution in [0.4, 0.5) is 10.5 Å². The number of barbiturate groups is 1. The van der Waals surface area contributed by atoms with Crippen molar-refractivity contribution in [2.45, 2.75) is 27.2 Å². The normalized spacial score (nSPS) is 15.8. The smallest absolute Gasteiger partial charge is 0.335 e. The minimum atomic E-state index is -0.753. The lowest BCUT2D eigenvalue weighted by molar-refractivity contribution is -0.122. The van der Waals surface area contributed by atoms with E-state index in [0.717, 1.165) is 22.4 Å². The van der Waals surface area contributed by atoms with Gasteiger partial charge in [-0.3, -0.25) is 14.9 Å². The minimum absolute atomic E-state index is 0.118. The summed E-state index contributed by atoms with van der Waals surface area (Å²) < 4.78 is 5.70. The summed E-state index contributed by atoms with van der Waals surface area (Å²) in [4.78, 5) is 38.9. The third-order valence-electron chi connectivity index (χ3n) is 4.60. The molecule has 6 nitrogen and oxygen atoms in total. The van der Waals surface area contributed by atoms with E-state index >= 15 is 0 Å². The highest BCUT2D eigenvalue weighted by molar-refractivity contribution is 6.39. The lowest BCUT2D eigenvalue weighted by Gasteiger charge is -2.28. The fraction of sp³-hybridized carbons (Fsp3) is 0.227. The molecule has 1 saturated heterocycles. The SMILES string of the molecule is CCCOc1ccccc1/C=C1\C(=O)NC(=O)N(c2cccc(C)c2C)C1=O. The van der Waals surface area contributed by atoms with Gasteiger partial charge in [-0.1, -0.05) is 37.3 Å². The van der Waals surface area contributed by atoms with E-state index in [1.165, 1.54) is 6.08 Å². The Labute approximate surface area is 163 Å². The Morgan fingerprint density at radius 1 is 1.04 bits per heavy atom. The number of benzene rings is 2. The van der Waals surface area contributed by atoms with E-state index in [-0.39, 0.29) is 5.57 Å². The van der Waals surface area contributed by atoms with Crippen LogP contribution >= 0.6 is 0 Å². The molecule has 0 spiro atoms. The van der Waals surface area contributed by atoms with E-state index in [0.29, 0.717) is 23.6 Å². The maximum Gasteiger partial charge on any atom is 0.335 e. The van der Waals surface area contributed by atoms with Crippen LogP contribution in [0.5, 0.6) is 5.75 Å². The highest BCUT2D eigenvalue weighted by atomic mass is 16.5. The molecule has 0 aliphatic carbocycles. The summed E-state index contributed by atoms with van der Waals surface area (Å²) in [5, 5.41) is 2.26. The van der Waals surface area contributed by atoms with E-state index in [4.69, 9.17) is 4.74 Å². The summed E-state index contributed by atoms with van der Waals surface area (Å²) in [5.41, 5.74) is 2.68. The lowest BCUT2D eigenvalue weighted by atomic mass is 10.0. The maximum absolute atomic E-state index is 13.1. The van der Waals surface area contributed by atoms with E-state index in [9.17, 15) is 14.4 Å². The van der Waals surface area contributed by atoms with E-state index < -0.39 is 17.8 Å². The standard InChI is InChI=1S/C22H22N2O4/c1-4-12-28-19-11-6-5-9-16(19)13-17-20(25)23-22(27)24(21(17)26)18-10-7-8-14(2)15(18)3/h5-11,13H,4,12H2,1-3H3,(H,23,25,27)/b17-13+. The number of imide groups is 2. The van der Waals surface area contributed by atoms with Crippen molar-refractivity contribution in [1.82, 2.24) is 5.32 Å². The van der Waals surface area contributed by atoms with E-state index in [1.54, 1.807) is 30.3 Å². The number of aryl methyl sites for hydroxylation is 1. The molecule has 0 atom stereocenters. The number of anilines is 1. The molecular formula is C22H22N2O4. The van der Waals surface area contributed by atoms with Crippen molar-refractivity contribution in [3.63, 3.8) is 0 Å². The highest BCUT2D eigenvalue weighted by Gasteiger charge is 2.37. The zero-order chi connectivity index (χ0) is 20.3. The number of carbonyl (C=O) groups excluding carboxylic acids is 3. The number of carbonyl (C=O) groups is 3. The Kier molecular flexibility index (Phi) is 5.59. The Hall–Kier alpha value is -3.41. The van der Waals surface area contributed by atoms with Crippen LogP contribution in [-0.2, 0) is 9.59 Å². The van der Waals surface area contributed by atoms with Gasteiger partial charge in [-0.25, -0.2) is 9.69 Å². The number of ether oxygens (including phenoxy) is 1. The number of hydrogen-bond acceptors (Lipinski definition) is 4. The number of nitrogens with one attached hydrogen (secondary N) is 1. The molecule has 0 saturated carbocycles. The van der Waals surface area contributed by atoms with Gasteiger partial charge in [0.1, 0.15) is 11.3 Å². The number of rotatable bonds is 5. The summed E-state index contributed by atoms with van der Waals surface area (Å²) in [6.45, 7) is 6.24. The first-order valence-electron chi connectivity index (χ1n) is 9.13. The summed E-state index contributed by atoms with van der Waals surface area (Å²) >= 11 is 0. The number of nitrogens with zero attached hydrogens (tertiary/aromatic N) is 1. The van der Waals surface area contributed by atoms with Crippen LogP contribution < -0.4 is 15.0 Å². The van der Waals surface area contributed by atoms with Crippen LogP contribution in [0.2, 0.25) is 0 Å². The first-order chi connectivity index (χ1) is 13.4. The lowest BCUT2D eigenvalue weighted by Crippen LogP contribution is -2.54. The summed E-state index contributed by atoms with van der Waals surface area (Å²) in [6, 6.07) is 11.8. The molecule has 1 fully saturated rings. The molecule has 2 aromatic carbocycles. The van der Waals surface area contributed by atoms with Gasteiger partial charge in [-0.15, -0.1) is 0 Å². The predicted octanol–water partition coefficient (Wildman–Crippen LogP) is 3.76. The van der Waals surface area contributed by atoms with Crippen molar-refractivity contribution in [3.8, 4) is 5.75 Å². The van der Waals surface area contributed by atoms with Gasteiger partial charge in [0.25, 0.3) is 11.8 Å². The minimum Gasteiger partial charge on any atom is -0.493 e. The molecule has 1 heterocycles. The predicted molar refractivity (Wildman–Crippen MR) is 107 cm³/mol. The van der Waals surface area contributed by atoms with Crippen LogP contribution in [0.1, 0.15) is 30.0 Å². The molecule has 4 amide bonds. The molecule has 28 heavy (non-hydrogen) atoms. The molecule has 1 aliphatic heterocycles. The molecule has 0 unspecified atom stereocenters. The number of amides is 4. The van der Waals surface area contributed by atoms with Crippen molar-refractivity contribution >= 4 is 29.6 Å². The molecule has 0 radical (unpaired) electrons. The average molecular weight is 378 g/mol. The summed E-state index contributed by atoms with van der Waals surface area (Å²) in [6.07, 6.45) is 2.30. The second kappa shape index (κ2) is 8.08. The molecular weight excluding hydrogens is 356 g/mol. The quantitative estimate of drug-likeness (QED) is 0.635. The summed E-state index contributed by atoms with van der Waals surface area (Å²) in [5.74, 6) is -0.803. The first-order valence-corrected chi connectivity index (χ1v) is 9.13. The van der Waals surface area contributed by atoms with Crippen LogP contribution in [0.25, 0.3) is 6.08 Å². The Morgan fingerprint density at radius 2 is 1.79 bits per heavy atom. The third-order valence-corrected chi connectivity index (χ3v) is 4.60. The number of para-hydroxylation sites is 1. The van der Waals surface area contributed by atoms with Crippen molar-refractivity contribution < 1.29 is 19.1 Å². The van der Waals surface area contributed by atoms with Gasteiger partial charge in [0.05, 0.1) is 12.3 Å². The van der Waals surface area contributed by atoms with Gasteiger partial charge in [0.2, 0.25) is 0 Å². The van der Waals surface area contributed by atoms with Gasteiger partial charge in [0, 0.05) is 5.56 Å². The second-order valence-electron chi connectivity index (χ2n) is 6.56. The van der Waals surface area contributed by atoms with Crippen molar-refractivity contribution in [3.05, 3.63) is 64.7 Å². The van der Waals surface area contributed by atoms with Gasteiger partial charge in [-0.05, 0) is 49.6 Å². The van der Waals surface area contributed by atoms with Crippen molar-refractivity contribution in [2.75, 3.05) is 11.5 Å². The third kappa shape index (κ3) is 3.67. The van der Waals surface area contributed by atoms with E-state index in [2.05, 4.69) is 5.32 Å². The number of hydrogen-bond donors (Lipinski definition) is 1. The first kappa shape index (κ1) is 19.4. The second-order valence-corrected chi connectivity index (χ2v) is 6.56. The van der Waals surface area contributed by atoms with Gasteiger partial charge in [0.15, 0.2) is 0 Å². The molecule has 1 N–H and O–H groups in total. The Bertz CT molecular complexity index is 978. The summed E-state index contributed by atoms with van der Waals surface area (Å²) in [7, 11) is 0. The number of urea groups is 1. The van der Waals surface area contributed by atoms with Gasteiger partial charge in [-0.2, -0.15) is 0 Å². The zero-order valence-electron chi connectivity index (χ0n) is 16.1. The fourth-order valence-electron chi connectivity index (χ4n) is 2.95. The Morgan fingerprint density at radius 3 is 2.54 bits per heavy atom. The highest BCUT2D eigenvalue weighted by Crippen LogP contribution is 2.28. The topological polar surface area (TPSA) is 75.7 Å². The van der Waals surface area contributed by atoms with Crippen molar-refractivity contribution in [1.29, 1.82) is 0 Å². The van der Waals surface area contributed by atoms with Crippen LogP contribution in [0.3, 0.4) is 0 Å². The van der Waals surface area contributed by atoms with Gasteiger partial charge < -0.3 is 4.74 Å². The molecule has 0 bridgehead atoms. The van der Waals surface area contributed by atoms with Crippen LogP contribution in [0.15, 0.2) is 48.0 Å². The monoisotopic (exact) mass is 378 g/mol. The Balaban J connectivity index is 2.04. The molecule has 6 heteroatoms. The maximum atomic E-state index is 13.1. The van der Waals surface area contributed by atoms with Crippen LogP contribution in [-0.4, -0.2) is 24.5 Å². The average Bonchev–Trinajstić information content (AvgIpc) is 2.67. The molecule has 1 aliphatic rings. The fourth-order valence-corrected chi connectivity index (χ4v) is 2.95. The van der Waals surface area contributed by atoms with E-state index in [1.807, 2.05) is 32.9 Å². The largest absolute Gasteiger partial charge is 0.493 e. The molecule has 3 rings (SSSR count). The van der Waals surface area contributed by atoms with Crippen molar-refractivity contribution in [2.24, 2.45) is 0 Å².